The van der Waals surface area contributed by atoms with Crippen LogP contribution in [0, 0.1) is 18.4 Å². The van der Waals surface area contributed by atoms with Gasteiger partial charge in [-0.3, -0.25) is 0 Å². The highest BCUT2D eigenvalue weighted by Crippen LogP contribution is 2.38. The summed E-state index contributed by atoms with van der Waals surface area (Å²) in [5.41, 5.74) is -1.03. The molecule has 0 radical (unpaired) electrons. The van der Waals surface area contributed by atoms with Crippen LogP contribution in [0.1, 0.15) is 46.0 Å². The summed E-state index contributed by atoms with van der Waals surface area (Å²) in [7, 11) is 0. The summed E-state index contributed by atoms with van der Waals surface area (Å²) < 4.78 is 13.7. The van der Waals surface area contributed by atoms with E-state index in [4.69, 9.17) is 6.57 Å². The van der Waals surface area contributed by atoms with Crippen LogP contribution >= 0.6 is 0 Å². The maximum absolute atomic E-state index is 13.7. The molecular formula is C12H20FN. The van der Waals surface area contributed by atoms with Gasteiger partial charge in [-0.1, -0.05) is 12.8 Å². The van der Waals surface area contributed by atoms with Gasteiger partial charge in [0.1, 0.15) is 5.67 Å². The molecule has 2 heteroatoms. The minimum Gasteiger partial charge on any atom is -0.317 e. The minimum atomic E-state index is -1.03. The molecule has 1 aliphatic rings. The van der Waals surface area contributed by atoms with Crippen LogP contribution in [0.4, 0.5) is 4.39 Å². The zero-order valence-corrected chi connectivity index (χ0v) is 9.22. The summed E-state index contributed by atoms with van der Waals surface area (Å²) in [5.74, 6) is 0.810. The third-order valence-corrected chi connectivity index (χ3v) is 3.40. The summed E-state index contributed by atoms with van der Waals surface area (Å²) in [6.45, 7) is 10.7. The quantitative estimate of drug-likeness (QED) is 0.605. The van der Waals surface area contributed by atoms with E-state index in [9.17, 15) is 4.39 Å². The molecule has 0 bridgehead atoms. The molecular weight excluding hydrogens is 177 g/mol. The molecule has 1 fully saturated rings. The van der Waals surface area contributed by atoms with E-state index in [0.717, 1.165) is 25.7 Å². The zero-order valence-electron chi connectivity index (χ0n) is 9.22. The fourth-order valence-corrected chi connectivity index (χ4v) is 2.42. The van der Waals surface area contributed by atoms with Gasteiger partial charge in [-0.25, -0.2) is 11.0 Å². The highest BCUT2D eigenvalue weighted by molar-refractivity contribution is 4.84. The van der Waals surface area contributed by atoms with Gasteiger partial charge in [-0.05, 0) is 38.5 Å². The molecule has 0 amide bonds. The second kappa shape index (κ2) is 4.77. The van der Waals surface area contributed by atoms with Gasteiger partial charge < -0.3 is 4.85 Å². The van der Waals surface area contributed by atoms with E-state index in [1.807, 2.05) is 0 Å². The molecule has 0 saturated heterocycles. The Bertz CT molecular complexity index is 211. The van der Waals surface area contributed by atoms with Crippen LogP contribution < -0.4 is 0 Å². The second-order valence-corrected chi connectivity index (χ2v) is 4.96. The fraction of sp³-hybridized carbons (Fsp3) is 0.917. The SMILES string of the molecule is [C-]#[N+]CCC1CCCC(C(C)(C)F)C1. The zero-order chi connectivity index (χ0) is 10.6. The first-order valence-corrected chi connectivity index (χ1v) is 5.56. The van der Waals surface area contributed by atoms with Gasteiger partial charge in [0.25, 0.3) is 0 Å². The molecule has 14 heavy (non-hydrogen) atoms. The topological polar surface area (TPSA) is 4.36 Å². The standard InChI is InChI=1S/C12H20FN/c1-12(2,13)11-6-4-5-10(9-11)7-8-14-3/h10-11H,4-9H2,1-2H3. The lowest BCUT2D eigenvalue weighted by molar-refractivity contribution is 0.0733. The Hall–Kier alpha value is -0.580. The Labute approximate surface area is 86.5 Å². The van der Waals surface area contributed by atoms with Crippen molar-refractivity contribution in [3.05, 3.63) is 11.4 Å². The molecule has 0 spiro atoms. The van der Waals surface area contributed by atoms with Crippen LogP contribution in [0.5, 0.6) is 0 Å². The summed E-state index contributed by atoms with van der Waals surface area (Å²) in [6, 6.07) is 0. The van der Waals surface area contributed by atoms with Gasteiger partial charge in [-0.15, -0.1) is 0 Å². The first-order chi connectivity index (χ1) is 6.54. The molecule has 0 aromatic heterocycles. The molecule has 1 rings (SSSR count). The average Bonchev–Trinajstić information content (AvgIpc) is 2.14. The van der Waals surface area contributed by atoms with Gasteiger partial charge in [0.15, 0.2) is 0 Å². The molecule has 2 atom stereocenters. The molecule has 0 aromatic carbocycles. The Kier molecular flexibility index (Phi) is 3.92. The van der Waals surface area contributed by atoms with E-state index in [1.165, 1.54) is 6.42 Å². The first-order valence-electron chi connectivity index (χ1n) is 5.56. The summed E-state index contributed by atoms with van der Waals surface area (Å²) in [6.07, 6.45) is 5.32. The van der Waals surface area contributed by atoms with Crippen molar-refractivity contribution < 1.29 is 4.39 Å². The van der Waals surface area contributed by atoms with Crippen molar-refractivity contribution in [3.63, 3.8) is 0 Å². The van der Waals surface area contributed by atoms with E-state index in [-0.39, 0.29) is 5.92 Å². The number of halogens is 1. The Balaban J connectivity index is 2.40. The van der Waals surface area contributed by atoms with Crippen molar-refractivity contribution in [2.75, 3.05) is 6.54 Å². The van der Waals surface area contributed by atoms with E-state index < -0.39 is 5.67 Å². The van der Waals surface area contributed by atoms with Crippen LogP contribution in [-0.2, 0) is 0 Å². The third-order valence-electron chi connectivity index (χ3n) is 3.40. The van der Waals surface area contributed by atoms with E-state index in [1.54, 1.807) is 13.8 Å². The van der Waals surface area contributed by atoms with Crippen molar-refractivity contribution in [2.45, 2.75) is 51.6 Å². The molecule has 0 N–H and O–H groups in total. The molecule has 1 aliphatic carbocycles. The fourth-order valence-electron chi connectivity index (χ4n) is 2.42. The monoisotopic (exact) mass is 197 g/mol. The lowest BCUT2D eigenvalue weighted by Gasteiger charge is -2.34. The largest absolute Gasteiger partial charge is 0.317 e. The number of hydrogen-bond donors (Lipinski definition) is 0. The molecule has 2 unspecified atom stereocenters. The van der Waals surface area contributed by atoms with Gasteiger partial charge in [0.05, 0.1) is 0 Å². The summed E-state index contributed by atoms with van der Waals surface area (Å²) in [5, 5.41) is 0. The Morgan fingerprint density at radius 3 is 2.71 bits per heavy atom. The van der Waals surface area contributed by atoms with Crippen LogP contribution in [0.2, 0.25) is 0 Å². The second-order valence-electron chi connectivity index (χ2n) is 4.96. The van der Waals surface area contributed by atoms with E-state index in [2.05, 4.69) is 4.85 Å². The number of rotatable bonds is 3. The molecule has 1 saturated carbocycles. The molecule has 0 heterocycles. The van der Waals surface area contributed by atoms with Gasteiger partial charge >= 0.3 is 0 Å². The third kappa shape index (κ3) is 3.29. The van der Waals surface area contributed by atoms with Crippen LogP contribution in [-0.4, -0.2) is 12.2 Å². The number of nitrogens with zero attached hydrogens (tertiary/aromatic N) is 1. The smallest absolute Gasteiger partial charge is 0.214 e. The van der Waals surface area contributed by atoms with Crippen molar-refractivity contribution in [2.24, 2.45) is 11.8 Å². The summed E-state index contributed by atoms with van der Waals surface area (Å²) in [4.78, 5) is 3.37. The number of alkyl halides is 1. The van der Waals surface area contributed by atoms with Crippen LogP contribution in [0.3, 0.4) is 0 Å². The lowest BCUT2D eigenvalue weighted by Crippen LogP contribution is -2.31. The highest BCUT2D eigenvalue weighted by atomic mass is 19.1. The predicted octanol–water partition coefficient (Wildman–Crippen LogP) is 3.85. The van der Waals surface area contributed by atoms with Crippen LogP contribution in [0.15, 0.2) is 0 Å². The summed E-state index contributed by atoms with van der Waals surface area (Å²) >= 11 is 0. The van der Waals surface area contributed by atoms with Gasteiger partial charge in [0, 0.05) is 6.42 Å². The normalized spacial score (nSPS) is 28.4. The number of hydrogen-bond acceptors (Lipinski definition) is 0. The van der Waals surface area contributed by atoms with Crippen molar-refractivity contribution >= 4 is 0 Å². The average molecular weight is 197 g/mol. The maximum atomic E-state index is 13.7. The van der Waals surface area contributed by atoms with E-state index in [0.29, 0.717) is 12.5 Å². The van der Waals surface area contributed by atoms with Gasteiger partial charge in [-0.2, -0.15) is 0 Å². The molecule has 80 valence electrons. The van der Waals surface area contributed by atoms with Crippen molar-refractivity contribution in [1.82, 2.24) is 0 Å². The molecule has 1 nitrogen and oxygen atoms in total. The first kappa shape index (κ1) is 11.5. The van der Waals surface area contributed by atoms with E-state index >= 15 is 0 Å². The minimum absolute atomic E-state index is 0.215. The Morgan fingerprint density at radius 1 is 1.43 bits per heavy atom. The highest BCUT2D eigenvalue weighted by Gasteiger charge is 2.33. The lowest BCUT2D eigenvalue weighted by atomic mass is 9.74. The Morgan fingerprint density at radius 2 is 2.14 bits per heavy atom. The van der Waals surface area contributed by atoms with Crippen molar-refractivity contribution in [3.8, 4) is 0 Å². The predicted molar refractivity (Wildman–Crippen MR) is 56.7 cm³/mol. The molecule has 0 aromatic rings. The van der Waals surface area contributed by atoms with Gasteiger partial charge in [0.2, 0.25) is 6.54 Å². The van der Waals surface area contributed by atoms with Crippen LogP contribution in [0.25, 0.3) is 4.85 Å². The molecule has 0 aliphatic heterocycles. The van der Waals surface area contributed by atoms with Crippen molar-refractivity contribution in [1.29, 1.82) is 0 Å². The maximum Gasteiger partial charge on any atom is 0.214 e.